The predicted octanol–water partition coefficient (Wildman–Crippen LogP) is 5.16. The maximum Gasteiger partial charge on any atom is 0.184 e. The molecule has 1 aromatic carbocycles. The summed E-state index contributed by atoms with van der Waals surface area (Å²) >= 11 is 0. The van der Waals surface area contributed by atoms with Crippen LogP contribution in [0.4, 0.5) is 0 Å². The van der Waals surface area contributed by atoms with E-state index in [-0.39, 0.29) is 5.78 Å². The smallest absolute Gasteiger partial charge is 0.184 e. The fourth-order valence-electron chi connectivity index (χ4n) is 2.37. The minimum Gasteiger partial charge on any atom is -0.497 e. The fourth-order valence-corrected chi connectivity index (χ4v) is 4.80. The van der Waals surface area contributed by atoms with Crippen molar-refractivity contribution in [3.63, 3.8) is 0 Å². The second-order valence-electron chi connectivity index (χ2n) is 5.21. The van der Waals surface area contributed by atoms with Crippen LogP contribution in [0, 0.1) is 0 Å². The highest BCUT2D eigenvalue weighted by Crippen LogP contribution is 2.51. The van der Waals surface area contributed by atoms with E-state index >= 15 is 0 Å². The van der Waals surface area contributed by atoms with E-state index in [4.69, 9.17) is 4.74 Å². The Kier molecular flexibility index (Phi) is 4.32. The van der Waals surface area contributed by atoms with Gasteiger partial charge in [-0.05, 0) is 66.5 Å². The molecular formula is C18H16O2S2. The van der Waals surface area contributed by atoms with Crippen LogP contribution in [-0.2, 0) is 4.79 Å². The van der Waals surface area contributed by atoms with E-state index in [0.717, 1.165) is 22.5 Å². The highest BCUT2D eigenvalue weighted by molar-refractivity contribution is 8.82. The third-order valence-electron chi connectivity index (χ3n) is 3.60. The molecule has 0 N–H and O–H groups in total. The third-order valence-corrected chi connectivity index (χ3v) is 6.08. The molecule has 0 fully saturated rings. The lowest BCUT2D eigenvalue weighted by molar-refractivity contribution is -0.112. The van der Waals surface area contributed by atoms with Crippen molar-refractivity contribution in [3.05, 3.63) is 69.7 Å². The summed E-state index contributed by atoms with van der Waals surface area (Å²) in [5, 5.41) is 0. The maximum atomic E-state index is 11.8. The highest BCUT2D eigenvalue weighted by atomic mass is 33.1. The summed E-state index contributed by atoms with van der Waals surface area (Å²) in [6, 6.07) is 8.08. The van der Waals surface area contributed by atoms with E-state index in [1.807, 2.05) is 38.1 Å². The summed E-state index contributed by atoms with van der Waals surface area (Å²) in [6.45, 7) is 3.75. The van der Waals surface area contributed by atoms with Crippen LogP contribution in [0.5, 0.6) is 5.75 Å². The molecule has 0 spiro atoms. The summed E-state index contributed by atoms with van der Waals surface area (Å²) < 4.78 is 5.19. The molecule has 0 bridgehead atoms. The third kappa shape index (κ3) is 2.94. The molecule has 3 rings (SSSR count). The van der Waals surface area contributed by atoms with Crippen LogP contribution in [0.1, 0.15) is 19.4 Å². The first-order valence-electron chi connectivity index (χ1n) is 6.94. The van der Waals surface area contributed by atoms with Crippen molar-refractivity contribution >= 4 is 32.3 Å². The van der Waals surface area contributed by atoms with E-state index in [1.165, 1.54) is 15.4 Å². The Morgan fingerprint density at radius 3 is 2.14 bits per heavy atom. The minimum atomic E-state index is 0.138. The van der Waals surface area contributed by atoms with Gasteiger partial charge in [0.1, 0.15) is 5.75 Å². The highest BCUT2D eigenvalue weighted by Gasteiger charge is 2.19. The molecule has 0 aromatic heterocycles. The van der Waals surface area contributed by atoms with Crippen molar-refractivity contribution in [3.8, 4) is 5.75 Å². The number of ether oxygens (including phenoxy) is 1. The Morgan fingerprint density at radius 2 is 1.55 bits per heavy atom. The molecule has 22 heavy (non-hydrogen) atoms. The van der Waals surface area contributed by atoms with Crippen molar-refractivity contribution in [1.29, 1.82) is 0 Å². The molecule has 1 aliphatic carbocycles. The number of rotatable bonds is 2. The number of carbonyl (C=O) groups excluding carboxylic acids is 1. The first-order valence-corrected chi connectivity index (χ1v) is 9.09. The number of carbonyl (C=O) groups is 1. The largest absolute Gasteiger partial charge is 0.497 e. The fraction of sp³-hybridized carbons (Fsp3) is 0.167. The number of hydrogen-bond donors (Lipinski definition) is 0. The normalized spacial score (nSPS) is 18.1. The summed E-state index contributed by atoms with van der Waals surface area (Å²) in [7, 11) is 5.16. The molecule has 2 nitrogen and oxygen atoms in total. The van der Waals surface area contributed by atoms with E-state index in [9.17, 15) is 4.79 Å². The van der Waals surface area contributed by atoms with E-state index < -0.39 is 0 Å². The number of Topliss-reactive ketones (excluding diaryl/α,β-unsaturated/α-hetero) is 1. The second kappa shape index (κ2) is 6.23. The summed E-state index contributed by atoms with van der Waals surface area (Å²) in [5.41, 5.74) is 3.91. The van der Waals surface area contributed by atoms with Gasteiger partial charge in [0.15, 0.2) is 5.78 Å². The zero-order chi connectivity index (χ0) is 15.7. The number of ketones is 1. The molecule has 1 aromatic rings. The predicted molar refractivity (Wildman–Crippen MR) is 95.7 cm³/mol. The van der Waals surface area contributed by atoms with Crippen molar-refractivity contribution in [2.75, 3.05) is 7.11 Å². The summed E-state index contributed by atoms with van der Waals surface area (Å²) in [4.78, 5) is 14.3. The van der Waals surface area contributed by atoms with E-state index in [1.54, 1.807) is 28.7 Å². The van der Waals surface area contributed by atoms with Crippen molar-refractivity contribution in [1.82, 2.24) is 0 Å². The molecule has 112 valence electrons. The average Bonchev–Trinajstić information content (AvgIpc) is 3.02. The molecule has 0 atom stereocenters. The van der Waals surface area contributed by atoms with Crippen LogP contribution in [0.25, 0.3) is 4.91 Å². The van der Waals surface area contributed by atoms with Crippen LogP contribution in [-0.4, -0.2) is 12.9 Å². The first kappa shape index (κ1) is 15.3. The van der Waals surface area contributed by atoms with E-state index in [0.29, 0.717) is 0 Å². The summed E-state index contributed by atoms with van der Waals surface area (Å²) in [5.74, 6) is 1.00. The van der Waals surface area contributed by atoms with Gasteiger partial charge >= 0.3 is 0 Å². The SMILES string of the molecule is COc1ccc(C2=CC(=C3C=C(C)C(=O)C(C)=C3)SS2)cc1. The van der Waals surface area contributed by atoms with Gasteiger partial charge < -0.3 is 4.74 Å². The molecular weight excluding hydrogens is 312 g/mol. The van der Waals surface area contributed by atoms with E-state index in [2.05, 4.69) is 18.2 Å². The molecule has 2 aliphatic rings. The van der Waals surface area contributed by atoms with Gasteiger partial charge in [-0.3, -0.25) is 4.79 Å². The number of hydrogen-bond acceptors (Lipinski definition) is 4. The molecule has 0 saturated carbocycles. The van der Waals surface area contributed by atoms with Gasteiger partial charge in [0.25, 0.3) is 0 Å². The first-order chi connectivity index (χ1) is 10.6. The molecule has 0 unspecified atom stereocenters. The Hall–Kier alpha value is -1.65. The lowest BCUT2D eigenvalue weighted by Gasteiger charge is -2.10. The second-order valence-corrected chi connectivity index (χ2v) is 7.42. The molecule has 0 radical (unpaired) electrons. The molecule has 1 heterocycles. The number of methoxy groups -OCH3 is 1. The number of benzene rings is 1. The van der Waals surface area contributed by atoms with Crippen molar-refractivity contribution in [2.45, 2.75) is 13.8 Å². The quantitative estimate of drug-likeness (QED) is 0.700. The van der Waals surface area contributed by atoms with Gasteiger partial charge in [-0.2, -0.15) is 0 Å². The monoisotopic (exact) mass is 328 g/mol. The van der Waals surface area contributed by atoms with Crippen molar-refractivity contribution in [2.24, 2.45) is 0 Å². The topological polar surface area (TPSA) is 26.3 Å². The number of allylic oxidation sites excluding steroid dienone is 6. The van der Waals surface area contributed by atoms with Crippen LogP contribution >= 0.6 is 21.6 Å². The standard InChI is InChI=1S/C18H16O2S2/c1-11-8-14(9-12(2)18(11)19)17-10-16(21-22-17)13-4-6-15(20-3)7-5-13/h4-10H,1-3H3. The van der Waals surface area contributed by atoms with Gasteiger partial charge in [0.05, 0.1) is 7.11 Å². The van der Waals surface area contributed by atoms with Crippen LogP contribution in [0.2, 0.25) is 0 Å². The van der Waals surface area contributed by atoms with Crippen LogP contribution in [0.3, 0.4) is 0 Å². The van der Waals surface area contributed by atoms with Crippen LogP contribution in [0.15, 0.2) is 64.1 Å². The zero-order valence-electron chi connectivity index (χ0n) is 12.7. The van der Waals surface area contributed by atoms with Gasteiger partial charge in [-0.15, -0.1) is 0 Å². The molecule has 0 saturated heterocycles. The molecule has 0 amide bonds. The lowest BCUT2D eigenvalue weighted by Crippen LogP contribution is -2.06. The maximum absolute atomic E-state index is 11.8. The van der Waals surface area contributed by atoms with Gasteiger partial charge in [-0.1, -0.05) is 33.7 Å². The van der Waals surface area contributed by atoms with Gasteiger partial charge in [-0.25, -0.2) is 0 Å². The van der Waals surface area contributed by atoms with Crippen LogP contribution < -0.4 is 4.74 Å². The van der Waals surface area contributed by atoms with Gasteiger partial charge in [0, 0.05) is 9.81 Å². The van der Waals surface area contributed by atoms with Crippen molar-refractivity contribution < 1.29 is 9.53 Å². The average molecular weight is 328 g/mol. The Morgan fingerprint density at radius 1 is 0.909 bits per heavy atom. The Labute approximate surface area is 138 Å². The Bertz CT molecular complexity index is 726. The zero-order valence-corrected chi connectivity index (χ0v) is 14.3. The summed E-state index contributed by atoms with van der Waals surface area (Å²) in [6.07, 6.45) is 6.15. The molecule has 4 heteroatoms. The lowest BCUT2D eigenvalue weighted by atomic mass is 9.95. The minimum absolute atomic E-state index is 0.138. The molecule has 1 aliphatic heterocycles. The van der Waals surface area contributed by atoms with Gasteiger partial charge in [0.2, 0.25) is 0 Å². The Balaban J connectivity index is 1.94.